The van der Waals surface area contributed by atoms with E-state index in [4.69, 9.17) is 0 Å². The van der Waals surface area contributed by atoms with Crippen LogP contribution < -0.4 is 0 Å². The second-order valence-corrected chi connectivity index (χ2v) is 3.39. The molecule has 13 heavy (non-hydrogen) atoms. The maximum atomic E-state index is 9.63. The van der Waals surface area contributed by atoms with Gasteiger partial charge >= 0.3 is 0 Å². The lowest BCUT2D eigenvalue weighted by Gasteiger charge is -2.08. The predicted octanol–water partition coefficient (Wildman–Crippen LogP) is 2.32. The van der Waals surface area contributed by atoms with Crippen molar-refractivity contribution in [3.63, 3.8) is 0 Å². The predicted molar refractivity (Wildman–Crippen MR) is 51.8 cm³/mol. The number of para-hydroxylation sites is 1. The van der Waals surface area contributed by atoms with E-state index in [-0.39, 0.29) is 0 Å². The van der Waals surface area contributed by atoms with E-state index in [1.165, 1.54) is 0 Å². The molecule has 0 aliphatic heterocycles. The lowest BCUT2D eigenvalue weighted by atomic mass is 10.2. The van der Waals surface area contributed by atoms with E-state index < -0.39 is 0 Å². The maximum absolute atomic E-state index is 9.63. The zero-order chi connectivity index (χ0) is 9.42. The quantitative estimate of drug-likeness (QED) is 0.724. The van der Waals surface area contributed by atoms with Crippen LogP contribution in [-0.2, 0) is 0 Å². The lowest BCUT2D eigenvalue weighted by Crippen LogP contribution is -1.97. The molecule has 1 heterocycles. The molecule has 0 amide bonds. The van der Waals surface area contributed by atoms with Gasteiger partial charge in [-0.3, -0.25) is 0 Å². The van der Waals surface area contributed by atoms with Crippen LogP contribution in [0.3, 0.4) is 0 Å². The topological polar surface area (TPSA) is 38.0 Å². The molecule has 3 heteroatoms. The van der Waals surface area contributed by atoms with E-state index in [2.05, 4.69) is 18.8 Å². The average molecular weight is 176 g/mol. The third-order valence-corrected chi connectivity index (χ3v) is 2.13. The molecule has 1 aromatic heterocycles. The highest BCUT2D eigenvalue weighted by molar-refractivity contribution is 5.81. The fraction of sp³-hybridized carbons (Fsp3) is 0.300. The Balaban J connectivity index is 2.79. The molecule has 0 aliphatic rings. The van der Waals surface area contributed by atoms with Crippen molar-refractivity contribution in [1.82, 2.24) is 9.55 Å². The second kappa shape index (κ2) is 2.76. The number of phenolic OH excluding ortho intramolecular Hbond substituents is 1. The zero-order valence-corrected chi connectivity index (χ0v) is 7.73. The van der Waals surface area contributed by atoms with Gasteiger partial charge in [-0.1, -0.05) is 6.07 Å². The fourth-order valence-corrected chi connectivity index (χ4v) is 1.46. The molecule has 2 rings (SSSR count). The number of rotatable bonds is 1. The fourth-order valence-electron chi connectivity index (χ4n) is 1.46. The number of aromatic hydroxyl groups is 1. The van der Waals surface area contributed by atoms with Crippen LogP contribution in [-0.4, -0.2) is 14.7 Å². The zero-order valence-electron chi connectivity index (χ0n) is 7.73. The Labute approximate surface area is 76.6 Å². The molecule has 0 unspecified atom stereocenters. The van der Waals surface area contributed by atoms with Gasteiger partial charge in [0, 0.05) is 6.04 Å². The first-order chi connectivity index (χ1) is 6.20. The van der Waals surface area contributed by atoms with E-state index in [1.807, 2.05) is 10.6 Å². The number of imidazole rings is 1. The first-order valence-corrected chi connectivity index (χ1v) is 4.34. The molecule has 1 aromatic carbocycles. The monoisotopic (exact) mass is 176 g/mol. The van der Waals surface area contributed by atoms with Crippen molar-refractivity contribution in [2.45, 2.75) is 19.9 Å². The van der Waals surface area contributed by atoms with Gasteiger partial charge in [-0.25, -0.2) is 4.98 Å². The molecule has 0 spiro atoms. The highest BCUT2D eigenvalue weighted by atomic mass is 16.3. The summed E-state index contributed by atoms with van der Waals surface area (Å²) in [6.07, 6.45) is 1.76. The van der Waals surface area contributed by atoms with Gasteiger partial charge < -0.3 is 9.67 Å². The van der Waals surface area contributed by atoms with E-state index in [0.717, 1.165) is 11.0 Å². The van der Waals surface area contributed by atoms with Crippen molar-refractivity contribution in [3.05, 3.63) is 24.5 Å². The van der Waals surface area contributed by atoms with Gasteiger partial charge in [-0.15, -0.1) is 0 Å². The highest BCUT2D eigenvalue weighted by Gasteiger charge is 2.08. The van der Waals surface area contributed by atoms with Gasteiger partial charge in [-0.2, -0.15) is 0 Å². The van der Waals surface area contributed by atoms with Gasteiger partial charge in [0.15, 0.2) is 0 Å². The van der Waals surface area contributed by atoms with Crippen LogP contribution in [0.25, 0.3) is 11.0 Å². The molecular formula is C10H12N2O. The summed E-state index contributed by atoms with van der Waals surface area (Å²) in [5.74, 6) is 0.295. The third-order valence-electron chi connectivity index (χ3n) is 2.13. The Morgan fingerprint density at radius 3 is 2.85 bits per heavy atom. The van der Waals surface area contributed by atoms with Gasteiger partial charge in [0.25, 0.3) is 0 Å². The molecule has 0 bridgehead atoms. The standard InChI is InChI=1S/C10H12N2O/c1-7(2)12-6-11-8-4-3-5-9(13)10(8)12/h3-7,13H,1-2H3. The van der Waals surface area contributed by atoms with Crippen LogP contribution in [0.15, 0.2) is 24.5 Å². The summed E-state index contributed by atoms with van der Waals surface area (Å²) in [6, 6.07) is 5.70. The van der Waals surface area contributed by atoms with Crippen LogP contribution >= 0.6 is 0 Å². The number of fused-ring (bicyclic) bond motifs is 1. The third kappa shape index (κ3) is 1.16. The number of nitrogens with zero attached hydrogens (tertiary/aromatic N) is 2. The van der Waals surface area contributed by atoms with Crippen molar-refractivity contribution in [3.8, 4) is 5.75 Å². The maximum Gasteiger partial charge on any atom is 0.141 e. The molecule has 3 nitrogen and oxygen atoms in total. The van der Waals surface area contributed by atoms with Crippen molar-refractivity contribution in [1.29, 1.82) is 0 Å². The Kier molecular flexibility index (Phi) is 1.72. The van der Waals surface area contributed by atoms with E-state index in [0.29, 0.717) is 11.8 Å². The number of phenols is 1. The summed E-state index contributed by atoms with van der Waals surface area (Å²) in [6.45, 7) is 4.13. The largest absolute Gasteiger partial charge is 0.506 e. The van der Waals surface area contributed by atoms with E-state index in [1.54, 1.807) is 18.5 Å². The summed E-state index contributed by atoms with van der Waals surface area (Å²) in [5.41, 5.74) is 1.66. The van der Waals surface area contributed by atoms with E-state index in [9.17, 15) is 5.11 Å². The van der Waals surface area contributed by atoms with Crippen LogP contribution in [0.5, 0.6) is 5.75 Å². The minimum Gasteiger partial charge on any atom is -0.506 e. The van der Waals surface area contributed by atoms with Gasteiger partial charge in [0.05, 0.1) is 11.8 Å². The summed E-state index contributed by atoms with van der Waals surface area (Å²) in [4.78, 5) is 4.20. The SMILES string of the molecule is CC(C)n1cnc2cccc(O)c21. The Morgan fingerprint density at radius 2 is 2.15 bits per heavy atom. The number of benzene rings is 1. The number of aromatic nitrogens is 2. The molecule has 0 radical (unpaired) electrons. The molecular weight excluding hydrogens is 164 g/mol. The van der Waals surface area contributed by atoms with Crippen molar-refractivity contribution < 1.29 is 5.11 Å². The van der Waals surface area contributed by atoms with Gasteiger partial charge in [0.2, 0.25) is 0 Å². The molecule has 0 fully saturated rings. The summed E-state index contributed by atoms with van der Waals surface area (Å²) >= 11 is 0. The Morgan fingerprint density at radius 1 is 1.38 bits per heavy atom. The molecule has 0 atom stereocenters. The molecule has 0 saturated heterocycles. The molecule has 0 aliphatic carbocycles. The summed E-state index contributed by atoms with van der Waals surface area (Å²) in [7, 11) is 0. The van der Waals surface area contributed by atoms with Crippen LogP contribution in [0, 0.1) is 0 Å². The smallest absolute Gasteiger partial charge is 0.141 e. The van der Waals surface area contributed by atoms with Crippen LogP contribution in [0.4, 0.5) is 0 Å². The average Bonchev–Trinajstić information content (AvgIpc) is 2.49. The lowest BCUT2D eigenvalue weighted by molar-refractivity contribution is 0.475. The van der Waals surface area contributed by atoms with E-state index >= 15 is 0 Å². The minimum atomic E-state index is 0.295. The van der Waals surface area contributed by atoms with Crippen molar-refractivity contribution in [2.24, 2.45) is 0 Å². The van der Waals surface area contributed by atoms with Crippen LogP contribution in [0.1, 0.15) is 19.9 Å². The second-order valence-electron chi connectivity index (χ2n) is 3.39. The minimum absolute atomic E-state index is 0.295. The number of hydrogen-bond acceptors (Lipinski definition) is 2. The summed E-state index contributed by atoms with van der Waals surface area (Å²) in [5, 5.41) is 9.63. The molecule has 0 saturated carbocycles. The first-order valence-electron chi connectivity index (χ1n) is 4.34. The molecule has 1 N–H and O–H groups in total. The van der Waals surface area contributed by atoms with Gasteiger partial charge in [0.1, 0.15) is 11.3 Å². The summed E-state index contributed by atoms with van der Waals surface area (Å²) < 4.78 is 1.96. The molecule has 2 aromatic rings. The number of hydrogen-bond donors (Lipinski definition) is 1. The Hall–Kier alpha value is -1.51. The van der Waals surface area contributed by atoms with Crippen molar-refractivity contribution >= 4 is 11.0 Å². The molecule has 68 valence electrons. The normalized spacial score (nSPS) is 11.3. The van der Waals surface area contributed by atoms with Crippen molar-refractivity contribution in [2.75, 3.05) is 0 Å². The van der Waals surface area contributed by atoms with Gasteiger partial charge in [-0.05, 0) is 26.0 Å². The van der Waals surface area contributed by atoms with Crippen LogP contribution in [0.2, 0.25) is 0 Å². The first kappa shape index (κ1) is 8.10. The Bertz CT molecular complexity index is 431. The highest BCUT2D eigenvalue weighted by Crippen LogP contribution is 2.25.